The van der Waals surface area contributed by atoms with Crippen molar-refractivity contribution in [3.8, 4) is 0 Å². The summed E-state index contributed by atoms with van der Waals surface area (Å²) in [4.78, 5) is 11.8. The molecule has 6 nitrogen and oxygen atoms in total. The van der Waals surface area contributed by atoms with Crippen LogP contribution in [-0.4, -0.2) is 33.7 Å². The van der Waals surface area contributed by atoms with Gasteiger partial charge in [0.15, 0.2) is 5.76 Å². The summed E-state index contributed by atoms with van der Waals surface area (Å²) in [7, 11) is -3.45. The number of benzene rings is 1. The quantitative estimate of drug-likeness (QED) is 0.876. The van der Waals surface area contributed by atoms with E-state index < -0.39 is 10.0 Å². The smallest absolute Gasteiger partial charge is 0.287 e. The molecule has 1 N–H and O–H groups in total. The molecule has 2 rings (SSSR count). The van der Waals surface area contributed by atoms with Gasteiger partial charge in [-0.1, -0.05) is 17.7 Å². The number of anilines is 1. The number of hydrogen-bond acceptors (Lipinski definition) is 4. The van der Waals surface area contributed by atoms with E-state index in [2.05, 4.69) is 5.32 Å². The molecular weight excluding hydrogens is 316 g/mol. The number of nitrogens with zero attached hydrogens (tertiary/aromatic N) is 1. The molecule has 0 bridgehead atoms. The van der Waals surface area contributed by atoms with Crippen molar-refractivity contribution in [2.45, 2.75) is 13.8 Å². The lowest BCUT2D eigenvalue weighted by atomic mass is 10.1. The van der Waals surface area contributed by atoms with Gasteiger partial charge in [0, 0.05) is 6.54 Å². The second kappa shape index (κ2) is 6.87. The van der Waals surface area contributed by atoms with Crippen LogP contribution in [0, 0.1) is 13.8 Å². The molecule has 23 heavy (non-hydrogen) atoms. The van der Waals surface area contributed by atoms with Gasteiger partial charge in [0.25, 0.3) is 5.91 Å². The molecule has 1 amide bonds. The average molecular weight is 336 g/mol. The maximum Gasteiger partial charge on any atom is 0.287 e. The SMILES string of the molecule is Cc1ccc(N(CCNC(=O)c2ccco2)S(C)(=O)=O)c(C)c1. The first-order valence-corrected chi connectivity index (χ1v) is 9.00. The molecule has 2 aromatic rings. The lowest BCUT2D eigenvalue weighted by Gasteiger charge is -2.24. The highest BCUT2D eigenvalue weighted by molar-refractivity contribution is 7.92. The van der Waals surface area contributed by atoms with Crippen LogP contribution < -0.4 is 9.62 Å². The van der Waals surface area contributed by atoms with Crippen molar-refractivity contribution < 1.29 is 17.6 Å². The Morgan fingerprint density at radius 3 is 2.57 bits per heavy atom. The van der Waals surface area contributed by atoms with Crippen LogP contribution in [0.4, 0.5) is 5.69 Å². The standard InChI is InChI=1S/C16H20N2O4S/c1-12-6-7-14(13(2)11-12)18(23(3,20)21)9-8-17-16(19)15-5-4-10-22-15/h4-7,10-11H,8-9H2,1-3H3,(H,17,19). The highest BCUT2D eigenvalue weighted by Gasteiger charge is 2.19. The number of sulfonamides is 1. The molecule has 0 aliphatic carbocycles. The Morgan fingerprint density at radius 1 is 1.26 bits per heavy atom. The summed E-state index contributed by atoms with van der Waals surface area (Å²) in [6.45, 7) is 4.14. The molecule has 0 radical (unpaired) electrons. The van der Waals surface area contributed by atoms with Gasteiger partial charge >= 0.3 is 0 Å². The predicted octanol–water partition coefficient (Wildman–Crippen LogP) is 2.09. The van der Waals surface area contributed by atoms with Crippen molar-refractivity contribution in [3.05, 3.63) is 53.5 Å². The topological polar surface area (TPSA) is 79.6 Å². The maximum atomic E-state index is 12.1. The zero-order valence-electron chi connectivity index (χ0n) is 13.4. The molecule has 0 spiro atoms. The molecule has 7 heteroatoms. The average Bonchev–Trinajstić information content (AvgIpc) is 2.97. The van der Waals surface area contributed by atoms with E-state index in [0.717, 1.165) is 17.4 Å². The fraction of sp³-hybridized carbons (Fsp3) is 0.312. The molecule has 0 fully saturated rings. The summed E-state index contributed by atoms with van der Waals surface area (Å²) in [6, 6.07) is 8.73. The van der Waals surface area contributed by atoms with E-state index in [9.17, 15) is 13.2 Å². The normalized spacial score (nSPS) is 11.3. The van der Waals surface area contributed by atoms with Gasteiger partial charge in [0.05, 0.1) is 24.8 Å². The zero-order chi connectivity index (χ0) is 17.0. The third kappa shape index (κ3) is 4.35. The molecule has 0 saturated heterocycles. The monoisotopic (exact) mass is 336 g/mol. The Kier molecular flexibility index (Phi) is 5.10. The minimum atomic E-state index is -3.45. The number of nitrogens with one attached hydrogen (secondary N) is 1. The number of amides is 1. The van der Waals surface area contributed by atoms with Crippen molar-refractivity contribution in [3.63, 3.8) is 0 Å². The van der Waals surface area contributed by atoms with Crippen LogP contribution in [0.2, 0.25) is 0 Å². The minimum Gasteiger partial charge on any atom is -0.459 e. The molecule has 1 heterocycles. The third-order valence-electron chi connectivity index (χ3n) is 3.37. The molecule has 1 aromatic carbocycles. The van der Waals surface area contributed by atoms with Crippen molar-refractivity contribution >= 4 is 21.6 Å². The fourth-order valence-electron chi connectivity index (χ4n) is 2.32. The summed E-state index contributed by atoms with van der Waals surface area (Å²) in [5.74, 6) is -0.175. The predicted molar refractivity (Wildman–Crippen MR) is 89.1 cm³/mol. The summed E-state index contributed by atoms with van der Waals surface area (Å²) >= 11 is 0. The lowest BCUT2D eigenvalue weighted by Crippen LogP contribution is -2.38. The van der Waals surface area contributed by atoms with E-state index in [4.69, 9.17) is 4.42 Å². The van der Waals surface area contributed by atoms with Crippen LogP contribution in [0.15, 0.2) is 41.0 Å². The van der Waals surface area contributed by atoms with Crippen molar-refractivity contribution in [1.29, 1.82) is 0 Å². The Morgan fingerprint density at radius 2 is 2.00 bits per heavy atom. The van der Waals surface area contributed by atoms with Gasteiger partial charge in [-0.15, -0.1) is 0 Å². The highest BCUT2D eigenvalue weighted by Crippen LogP contribution is 2.23. The van der Waals surface area contributed by atoms with Gasteiger partial charge in [-0.05, 0) is 37.6 Å². The number of furan rings is 1. The Hall–Kier alpha value is -2.28. The number of aryl methyl sites for hydroxylation is 2. The maximum absolute atomic E-state index is 12.1. The van der Waals surface area contributed by atoms with Gasteiger partial charge < -0.3 is 9.73 Å². The summed E-state index contributed by atoms with van der Waals surface area (Å²) < 4.78 is 30.4. The molecule has 0 aliphatic rings. The van der Waals surface area contributed by atoms with E-state index in [-0.39, 0.29) is 24.8 Å². The number of hydrogen-bond donors (Lipinski definition) is 1. The largest absolute Gasteiger partial charge is 0.459 e. The van der Waals surface area contributed by atoms with E-state index in [1.165, 1.54) is 10.6 Å². The fourth-order valence-corrected chi connectivity index (χ4v) is 3.30. The van der Waals surface area contributed by atoms with Crippen LogP contribution in [0.25, 0.3) is 0 Å². The lowest BCUT2D eigenvalue weighted by molar-refractivity contribution is 0.0927. The van der Waals surface area contributed by atoms with Gasteiger partial charge in [-0.3, -0.25) is 9.10 Å². The Balaban J connectivity index is 2.10. The number of carbonyl (C=O) groups is 1. The minimum absolute atomic E-state index is 0.148. The first-order valence-electron chi connectivity index (χ1n) is 7.15. The van der Waals surface area contributed by atoms with Gasteiger partial charge in [0.1, 0.15) is 0 Å². The number of carbonyl (C=O) groups excluding carboxylic acids is 1. The zero-order valence-corrected chi connectivity index (χ0v) is 14.2. The second-order valence-electron chi connectivity index (χ2n) is 5.36. The van der Waals surface area contributed by atoms with Crippen LogP contribution in [0.1, 0.15) is 21.7 Å². The summed E-state index contributed by atoms with van der Waals surface area (Å²) in [5, 5.41) is 2.65. The van der Waals surface area contributed by atoms with Gasteiger partial charge in [0.2, 0.25) is 10.0 Å². The molecule has 0 saturated carbocycles. The first-order chi connectivity index (χ1) is 10.8. The molecular formula is C16H20N2O4S. The van der Waals surface area contributed by atoms with Gasteiger partial charge in [-0.25, -0.2) is 8.42 Å². The van der Waals surface area contributed by atoms with Crippen LogP contribution in [0.5, 0.6) is 0 Å². The molecule has 1 aromatic heterocycles. The molecule has 0 unspecified atom stereocenters. The number of rotatable bonds is 6. The van der Waals surface area contributed by atoms with Crippen molar-refractivity contribution in [2.24, 2.45) is 0 Å². The second-order valence-corrected chi connectivity index (χ2v) is 7.27. The van der Waals surface area contributed by atoms with E-state index in [1.807, 2.05) is 26.0 Å². The van der Waals surface area contributed by atoms with E-state index >= 15 is 0 Å². The summed E-state index contributed by atoms with van der Waals surface area (Å²) in [5.41, 5.74) is 2.55. The Labute approximate surface area is 136 Å². The highest BCUT2D eigenvalue weighted by atomic mass is 32.2. The van der Waals surface area contributed by atoms with Crippen molar-refractivity contribution in [2.75, 3.05) is 23.7 Å². The Bertz CT molecular complexity index is 782. The molecule has 124 valence electrons. The first kappa shape index (κ1) is 17.1. The van der Waals surface area contributed by atoms with Crippen LogP contribution in [0.3, 0.4) is 0 Å². The van der Waals surface area contributed by atoms with Crippen LogP contribution in [-0.2, 0) is 10.0 Å². The molecule has 0 atom stereocenters. The van der Waals surface area contributed by atoms with Crippen molar-refractivity contribution in [1.82, 2.24) is 5.32 Å². The van der Waals surface area contributed by atoms with E-state index in [1.54, 1.807) is 18.2 Å². The summed E-state index contributed by atoms with van der Waals surface area (Å²) in [6.07, 6.45) is 2.56. The van der Waals surface area contributed by atoms with E-state index in [0.29, 0.717) is 5.69 Å². The van der Waals surface area contributed by atoms with Crippen LogP contribution >= 0.6 is 0 Å². The third-order valence-corrected chi connectivity index (χ3v) is 4.55. The molecule has 0 aliphatic heterocycles. The van der Waals surface area contributed by atoms with Gasteiger partial charge in [-0.2, -0.15) is 0 Å².